The molecular formula is C26H28N4O3. The Morgan fingerprint density at radius 3 is 2.64 bits per heavy atom. The summed E-state index contributed by atoms with van der Waals surface area (Å²) in [6.07, 6.45) is 6.64. The molecule has 1 aromatic heterocycles. The normalized spacial score (nSPS) is 19.2. The lowest BCUT2D eigenvalue weighted by atomic mass is 10.1. The standard InChI is InChI=1S/C26H28N4O3/c1-32-23-16-28(17-23)12-13-30-24-9-6-21(14-20(24)15-27-30)29-11-10-25(26(29)31)33-22-7-4-19(5-8-22)18-2-3-18/h4-10,14-15,18,23H,2-3,11-13,16-17H2,1H3. The predicted molar refractivity (Wildman–Crippen MR) is 126 cm³/mol. The van der Waals surface area contributed by atoms with E-state index >= 15 is 0 Å². The van der Waals surface area contributed by atoms with E-state index in [2.05, 4.69) is 28.2 Å². The zero-order chi connectivity index (χ0) is 22.4. The molecule has 2 aliphatic heterocycles. The minimum absolute atomic E-state index is 0.113. The predicted octanol–water partition coefficient (Wildman–Crippen LogP) is 3.55. The second-order valence-electron chi connectivity index (χ2n) is 9.16. The average molecular weight is 445 g/mol. The topological polar surface area (TPSA) is 59.8 Å². The number of methoxy groups -OCH3 is 1. The zero-order valence-corrected chi connectivity index (χ0v) is 18.8. The fourth-order valence-corrected chi connectivity index (χ4v) is 4.65. The molecule has 1 saturated heterocycles. The number of ether oxygens (including phenoxy) is 2. The van der Waals surface area contributed by atoms with Crippen molar-refractivity contribution in [3.05, 3.63) is 66.1 Å². The van der Waals surface area contributed by atoms with Gasteiger partial charge in [0.15, 0.2) is 5.76 Å². The molecule has 1 aliphatic carbocycles. The molecule has 7 heteroatoms. The molecule has 0 atom stereocenters. The molecule has 0 unspecified atom stereocenters. The van der Waals surface area contributed by atoms with Gasteiger partial charge in [-0.05, 0) is 60.7 Å². The van der Waals surface area contributed by atoms with Gasteiger partial charge in [0.2, 0.25) is 0 Å². The van der Waals surface area contributed by atoms with Gasteiger partial charge in [0.05, 0.1) is 24.4 Å². The van der Waals surface area contributed by atoms with Crippen LogP contribution < -0.4 is 9.64 Å². The van der Waals surface area contributed by atoms with Gasteiger partial charge in [-0.15, -0.1) is 0 Å². The molecule has 0 N–H and O–H groups in total. The van der Waals surface area contributed by atoms with Gasteiger partial charge in [0.25, 0.3) is 5.91 Å². The van der Waals surface area contributed by atoms with Crippen LogP contribution in [0.15, 0.2) is 60.5 Å². The molecule has 3 heterocycles. The highest BCUT2D eigenvalue weighted by Gasteiger charge is 2.29. The van der Waals surface area contributed by atoms with Crippen LogP contribution in [0, 0.1) is 0 Å². The van der Waals surface area contributed by atoms with Gasteiger partial charge in [-0.25, -0.2) is 0 Å². The van der Waals surface area contributed by atoms with Crippen LogP contribution in [0.4, 0.5) is 5.69 Å². The fourth-order valence-electron chi connectivity index (χ4n) is 4.65. The van der Waals surface area contributed by atoms with Crippen LogP contribution in [0.5, 0.6) is 5.75 Å². The summed E-state index contributed by atoms with van der Waals surface area (Å²) in [5.41, 5.74) is 3.29. The third-order valence-electron chi connectivity index (χ3n) is 6.89. The zero-order valence-electron chi connectivity index (χ0n) is 18.8. The van der Waals surface area contributed by atoms with E-state index in [0.717, 1.165) is 42.8 Å². The number of nitrogens with zero attached hydrogens (tertiary/aromatic N) is 4. The average Bonchev–Trinajstić information content (AvgIpc) is 3.49. The Morgan fingerprint density at radius 1 is 1.06 bits per heavy atom. The molecule has 33 heavy (non-hydrogen) atoms. The van der Waals surface area contributed by atoms with E-state index in [1.54, 1.807) is 12.0 Å². The highest BCUT2D eigenvalue weighted by molar-refractivity contribution is 6.08. The van der Waals surface area contributed by atoms with E-state index in [1.807, 2.05) is 41.2 Å². The molecule has 0 bridgehead atoms. The first kappa shape index (κ1) is 20.4. The molecule has 7 nitrogen and oxygen atoms in total. The maximum atomic E-state index is 13.0. The minimum Gasteiger partial charge on any atom is -0.452 e. The summed E-state index contributed by atoms with van der Waals surface area (Å²) in [4.78, 5) is 17.1. The SMILES string of the molecule is COC1CN(CCn2ncc3cc(N4CC=C(Oc5ccc(C6CC6)cc5)C4=O)ccc32)C1. The number of aromatic nitrogens is 2. The number of carbonyl (C=O) groups is 1. The van der Waals surface area contributed by atoms with E-state index in [9.17, 15) is 4.79 Å². The van der Waals surface area contributed by atoms with Crippen LogP contribution in [0.2, 0.25) is 0 Å². The molecule has 3 aliphatic rings. The van der Waals surface area contributed by atoms with Crippen LogP contribution >= 0.6 is 0 Å². The van der Waals surface area contributed by atoms with Gasteiger partial charge in [-0.3, -0.25) is 14.4 Å². The second kappa shape index (κ2) is 8.32. The van der Waals surface area contributed by atoms with Gasteiger partial charge in [-0.1, -0.05) is 12.1 Å². The minimum atomic E-state index is -0.113. The number of hydrogen-bond donors (Lipinski definition) is 0. The van der Waals surface area contributed by atoms with E-state index in [4.69, 9.17) is 9.47 Å². The number of likely N-dealkylation sites (tertiary alicyclic amines) is 1. The lowest BCUT2D eigenvalue weighted by molar-refractivity contribution is -0.116. The Balaban J connectivity index is 1.10. The van der Waals surface area contributed by atoms with Crippen LogP contribution in [-0.2, 0) is 16.1 Å². The first-order valence-corrected chi connectivity index (χ1v) is 11.7. The van der Waals surface area contributed by atoms with E-state index in [1.165, 1.54) is 18.4 Å². The molecule has 1 saturated carbocycles. The molecular weight excluding hydrogens is 416 g/mol. The Bertz CT molecular complexity index is 1210. The third-order valence-corrected chi connectivity index (χ3v) is 6.89. The maximum Gasteiger partial charge on any atom is 0.294 e. The van der Waals surface area contributed by atoms with Gasteiger partial charge in [-0.2, -0.15) is 5.10 Å². The van der Waals surface area contributed by atoms with Crippen molar-refractivity contribution in [2.24, 2.45) is 0 Å². The van der Waals surface area contributed by atoms with Gasteiger partial charge in [0, 0.05) is 44.4 Å². The fraction of sp³-hybridized carbons (Fsp3) is 0.385. The lowest BCUT2D eigenvalue weighted by Gasteiger charge is -2.38. The molecule has 1 amide bonds. The summed E-state index contributed by atoms with van der Waals surface area (Å²) in [6, 6.07) is 14.2. The van der Waals surface area contributed by atoms with Crippen molar-refractivity contribution in [3.8, 4) is 5.75 Å². The smallest absolute Gasteiger partial charge is 0.294 e. The van der Waals surface area contributed by atoms with Crippen LogP contribution in [-0.4, -0.2) is 60.0 Å². The number of benzene rings is 2. The van der Waals surface area contributed by atoms with Crippen molar-refractivity contribution in [2.45, 2.75) is 31.4 Å². The van der Waals surface area contributed by atoms with E-state index < -0.39 is 0 Å². The Morgan fingerprint density at radius 2 is 1.88 bits per heavy atom. The van der Waals surface area contributed by atoms with Crippen molar-refractivity contribution in [2.75, 3.05) is 38.2 Å². The van der Waals surface area contributed by atoms with Gasteiger partial charge < -0.3 is 14.4 Å². The molecule has 6 rings (SSSR count). The molecule has 2 aromatic carbocycles. The highest BCUT2D eigenvalue weighted by Crippen LogP contribution is 2.40. The number of rotatable bonds is 8. The largest absolute Gasteiger partial charge is 0.452 e. The number of amides is 1. The molecule has 0 radical (unpaired) electrons. The number of hydrogen-bond acceptors (Lipinski definition) is 5. The summed E-state index contributed by atoms with van der Waals surface area (Å²) in [7, 11) is 1.77. The maximum absolute atomic E-state index is 13.0. The van der Waals surface area contributed by atoms with Crippen molar-refractivity contribution in [1.82, 2.24) is 14.7 Å². The van der Waals surface area contributed by atoms with E-state index in [0.29, 0.717) is 30.1 Å². The number of anilines is 1. The second-order valence-corrected chi connectivity index (χ2v) is 9.16. The summed E-state index contributed by atoms with van der Waals surface area (Å²) in [5.74, 6) is 1.68. The Labute approximate surface area is 193 Å². The summed E-state index contributed by atoms with van der Waals surface area (Å²) < 4.78 is 13.3. The first-order chi connectivity index (χ1) is 16.2. The van der Waals surface area contributed by atoms with Gasteiger partial charge in [0.1, 0.15) is 5.75 Å². The highest BCUT2D eigenvalue weighted by atomic mass is 16.5. The molecule has 0 spiro atoms. The Kier molecular flexibility index (Phi) is 5.15. The quantitative estimate of drug-likeness (QED) is 0.532. The van der Waals surface area contributed by atoms with Crippen molar-refractivity contribution >= 4 is 22.5 Å². The molecule has 2 fully saturated rings. The summed E-state index contributed by atoms with van der Waals surface area (Å²) >= 11 is 0. The van der Waals surface area contributed by atoms with Crippen LogP contribution in [0.1, 0.15) is 24.3 Å². The van der Waals surface area contributed by atoms with Crippen molar-refractivity contribution in [1.29, 1.82) is 0 Å². The molecule has 3 aromatic rings. The van der Waals surface area contributed by atoms with Crippen molar-refractivity contribution < 1.29 is 14.3 Å². The lowest BCUT2D eigenvalue weighted by Crippen LogP contribution is -2.52. The third kappa shape index (κ3) is 4.03. The first-order valence-electron chi connectivity index (χ1n) is 11.7. The Hall–Kier alpha value is -3.16. The van der Waals surface area contributed by atoms with Crippen LogP contribution in [0.3, 0.4) is 0 Å². The van der Waals surface area contributed by atoms with Gasteiger partial charge >= 0.3 is 0 Å². The number of carbonyl (C=O) groups excluding carboxylic acids is 1. The summed E-state index contributed by atoms with van der Waals surface area (Å²) in [5, 5.41) is 5.60. The monoisotopic (exact) mass is 444 g/mol. The number of fused-ring (bicyclic) bond motifs is 1. The van der Waals surface area contributed by atoms with E-state index in [-0.39, 0.29) is 5.91 Å². The van der Waals surface area contributed by atoms with Crippen LogP contribution in [0.25, 0.3) is 10.9 Å². The summed E-state index contributed by atoms with van der Waals surface area (Å²) in [6.45, 7) is 4.26. The molecule has 170 valence electrons. The van der Waals surface area contributed by atoms with Crippen molar-refractivity contribution in [3.63, 3.8) is 0 Å².